The van der Waals surface area contributed by atoms with Crippen LogP contribution in [0.3, 0.4) is 0 Å². The van der Waals surface area contributed by atoms with Gasteiger partial charge >= 0.3 is 0 Å². The molecule has 130 valence electrons. The summed E-state index contributed by atoms with van der Waals surface area (Å²) in [5.74, 6) is 0.402. The van der Waals surface area contributed by atoms with Crippen molar-refractivity contribution in [3.8, 4) is 11.8 Å². The second-order valence-electron chi connectivity index (χ2n) is 6.31. The number of hydrogen-bond acceptors (Lipinski definition) is 4. The Labute approximate surface area is 147 Å². The summed E-state index contributed by atoms with van der Waals surface area (Å²) >= 11 is 0. The maximum absolute atomic E-state index is 13.1. The van der Waals surface area contributed by atoms with Crippen molar-refractivity contribution in [2.75, 3.05) is 19.7 Å². The number of halogens is 1. The fraction of sp³-hybridized carbons (Fsp3) is 0.350. The van der Waals surface area contributed by atoms with Crippen LogP contribution in [-0.4, -0.2) is 35.8 Å². The molecular formula is C20H21FN2O2. The highest BCUT2D eigenvalue weighted by Gasteiger charge is 2.27. The second-order valence-corrected chi connectivity index (χ2v) is 6.31. The largest absolute Gasteiger partial charge is 0.491 e. The highest BCUT2D eigenvalue weighted by Crippen LogP contribution is 2.31. The van der Waals surface area contributed by atoms with Crippen molar-refractivity contribution in [3.63, 3.8) is 0 Å². The van der Waals surface area contributed by atoms with E-state index < -0.39 is 6.10 Å². The zero-order chi connectivity index (χ0) is 17.6. The molecule has 3 rings (SSSR count). The lowest BCUT2D eigenvalue weighted by atomic mass is 10.0. The first-order chi connectivity index (χ1) is 12.2. The molecule has 1 N–H and O–H groups in total. The van der Waals surface area contributed by atoms with Crippen molar-refractivity contribution in [1.82, 2.24) is 4.90 Å². The van der Waals surface area contributed by atoms with E-state index >= 15 is 0 Å². The molecule has 1 heterocycles. The molecule has 0 saturated carbocycles. The van der Waals surface area contributed by atoms with Crippen LogP contribution in [0, 0.1) is 17.1 Å². The third-order valence-electron chi connectivity index (χ3n) is 4.49. The van der Waals surface area contributed by atoms with Crippen LogP contribution in [0.2, 0.25) is 0 Å². The molecule has 1 saturated heterocycles. The van der Waals surface area contributed by atoms with Gasteiger partial charge in [0.25, 0.3) is 0 Å². The number of ether oxygens (including phenoxy) is 1. The number of rotatable bonds is 6. The summed E-state index contributed by atoms with van der Waals surface area (Å²) in [6.07, 6.45) is 1.46. The highest BCUT2D eigenvalue weighted by atomic mass is 19.1. The molecule has 0 unspecified atom stereocenters. The molecule has 5 heteroatoms. The van der Waals surface area contributed by atoms with Crippen LogP contribution in [0.1, 0.15) is 30.0 Å². The molecule has 25 heavy (non-hydrogen) atoms. The van der Waals surface area contributed by atoms with Gasteiger partial charge in [-0.2, -0.15) is 5.26 Å². The summed E-state index contributed by atoms with van der Waals surface area (Å²) in [6.45, 7) is 1.62. The van der Waals surface area contributed by atoms with Crippen LogP contribution in [0.5, 0.6) is 5.75 Å². The fourth-order valence-corrected chi connectivity index (χ4v) is 3.25. The van der Waals surface area contributed by atoms with Crippen LogP contribution in [-0.2, 0) is 0 Å². The van der Waals surface area contributed by atoms with Crippen LogP contribution in [0.25, 0.3) is 0 Å². The summed E-state index contributed by atoms with van der Waals surface area (Å²) in [5, 5.41) is 19.1. The van der Waals surface area contributed by atoms with Gasteiger partial charge in [0.1, 0.15) is 24.3 Å². The molecule has 2 atom stereocenters. The molecule has 4 nitrogen and oxygen atoms in total. The summed E-state index contributed by atoms with van der Waals surface area (Å²) in [7, 11) is 0. The van der Waals surface area contributed by atoms with Crippen LogP contribution < -0.4 is 4.74 Å². The molecule has 0 aliphatic carbocycles. The standard InChI is InChI=1S/C20H21FN2O2/c21-17-7-5-16(6-8-17)20-2-1-11-23(20)13-18(24)14-25-19-9-3-15(12-22)4-10-19/h3-10,18,20,24H,1-2,11,13-14H2/t18-,20-/m0/s1. The van der Waals surface area contributed by atoms with Crippen molar-refractivity contribution >= 4 is 0 Å². The van der Waals surface area contributed by atoms with E-state index in [9.17, 15) is 9.50 Å². The Kier molecular flexibility index (Phi) is 5.64. The van der Waals surface area contributed by atoms with Gasteiger partial charge in [-0.05, 0) is 61.3 Å². The number of nitriles is 1. The lowest BCUT2D eigenvalue weighted by Crippen LogP contribution is -2.35. The molecule has 0 spiro atoms. The van der Waals surface area contributed by atoms with Crippen LogP contribution in [0.15, 0.2) is 48.5 Å². The fourth-order valence-electron chi connectivity index (χ4n) is 3.25. The van der Waals surface area contributed by atoms with Gasteiger partial charge in [-0.25, -0.2) is 4.39 Å². The summed E-state index contributed by atoms with van der Waals surface area (Å²) in [5.41, 5.74) is 1.66. The SMILES string of the molecule is N#Cc1ccc(OC[C@@H](O)CN2CCC[C@H]2c2ccc(F)cc2)cc1. The van der Waals surface area contributed by atoms with E-state index in [-0.39, 0.29) is 18.5 Å². The normalized spacial score (nSPS) is 18.7. The molecule has 2 aromatic rings. The molecule has 0 amide bonds. The minimum absolute atomic E-state index is 0.193. The molecule has 0 bridgehead atoms. The van der Waals surface area contributed by atoms with Gasteiger partial charge in [-0.3, -0.25) is 4.90 Å². The molecule has 1 aliphatic heterocycles. The quantitative estimate of drug-likeness (QED) is 0.877. The molecule has 0 radical (unpaired) electrons. The van der Waals surface area contributed by atoms with Crippen LogP contribution >= 0.6 is 0 Å². The van der Waals surface area contributed by atoms with Crippen molar-refractivity contribution < 1.29 is 14.2 Å². The lowest BCUT2D eigenvalue weighted by molar-refractivity contribution is 0.0638. The van der Waals surface area contributed by atoms with Gasteiger partial charge in [0.2, 0.25) is 0 Å². The molecule has 2 aromatic carbocycles. The summed E-state index contributed by atoms with van der Waals surface area (Å²) < 4.78 is 18.7. The smallest absolute Gasteiger partial charge is 0.123 e. The molecule has 0 aromatic heterocycles. The Morgan fingerprint density at radius 2 is 1.92 bits per heavy atom. The third kappa shape index (κ3) is 4.56. The van der Waals surface area contributed by atoms with Crippen LogP contribution in [0.4, 0.5) is 4.39 Å². The summed E-state index contributed by atoms with van der Waals surface area (Å²) in [4.78, 5) is 2.22. The molecule has 1 aliphatic rings. The number of benzene rings is 2. The first kappa shape index (κ1) is 17.4. The topological polar surface area (TPSA) is 56.5 Å². The van der Waals surface area contributed by atoms with Crippen molar-refractivity contribution in [2.45, 2.75) is 25.0 Å². The zero-order valence-corrected chi connectivity index (χ0v) is 13.9. The monoisotopic (exact) mass is 340 g/mol. The Hall–Kier alpha value is -2.42. The molecular weight excluding hydrogens is 319 g/mol. The highest BCUT2D eigenvalue weighted by molar-refractivity contribution is 5.34. The van der Waals surface area contributed by atoms with E-state index in [2.05, 4.69) is 11.0 Å². The average molecular weight is 340 g/mol. The number of nitrogens with zero attached hydrogens (tertiary/aromatic N) is 2. The Morgan fingerprint density at radius 1 is 1.20 bits per heavy atom. The van der Waals surface area contributed by atoms with Gasteiger partial charge in [0.05, 0.1) is 11.6 Å². The Morgan fingerprint density at radius 3 is 2.60 bits per heavy atom. The maximum Gasteiger partial charge on any atom is 0.123 e. The second kappa shape index (κ2) is 8.11. The Bertz CT molecular complexity index is 725. The first-order valence-electron chi connectivity index (χ1n) is 8.46. The van der Waals surface area contributed by atoms with Gasteiger partial charge in [-0.1, -0.05) is 12.1 Å². The first-order valence-corrected chi connectivity index (χ1v) is 8.46. The van der Waals surface area contributed by atoms with E-state index in [4.69, 9.17) is 10.00 Å². The van der Waals surface area contributed by atoms with Gasteiger partial charge in [0.15, 0.2) is 0 Å². The number of aliphatic hydroxyl groups excluding tert-OH is 1. The average Bonchev–Trinajstić information content (AvgIpc) is 3.09. The number of likely N-dealkylation sites (tertiary alicyclic amines) is 1. The Balaban J connectivity index is 1.53. The number of β-amino-alcohol motifs (C(OH)–C–C–N with tert-alkyl or cyclic N) is 1. The van der Waals surface area contributed by atoms with Crippen molar-refractivity contribution in [1.29, 1.82) is 5.26 Å². The van der Waals surface area contributed by atoms with Gasteiger partial charge in [0, 0.05) is 12.6 Å². The number of hydrogen-bond donors (Lipinski definition) is 1. The minimum atomic E-state index is -0.614. The third-order valence-corrected chi connectivity index (χ3v) is 4.49. The summed E-state index contributed by atoms with van der Waals surface area (Å²) in [6, 6.07) is 15.7. The van der Waals surface area contributed by atoms with E-state index in [1.807, 2.05) is 12.1 Å². The predicted molar refractivity (Wildman–Crippen MR) is 92.6 cm³/mol. The van der Waals surface area contributed by atoms with Crippen molar-refractivity contribution in [3.05, 3.63) is 65.5 Å². The van der Waals surface area contributed by atoms with E-state index in [1.165, 1.54) is 12.1 Å². The lowest BCUT2D eigenvalue weighted by Gasteiger charge is -2.27. The van der Waals surface area contributed by atoms with E-state index in [0.29, 0.717) is 17.9 Å². The zero-order valence-electron chi connectivity index (χ0n) is 13.9. The van der Waals surface area contributed by atoms with E-state index in [1.54, 1.807) is 24.3 Å². The predicted octanol–water partition coefficient (Wildman–Crippen LogP) is 3.27. The maximum atomic E-state index is 13.1. The van der Waals surface area contributed by atoms with E-state index in [0.717, 1.165) is 24.9 Å². The number of aliphatic hydroxyl groups is 1. The van der Waals surface area contributed by atoms with Crippen molar-refractivity contribution in [2.24, 2.45) is 0 Å². The van der Waals surface area contributed by atoms with Gasteiger partial charge in [-0.15, -0.1) is 0 Å². The molecule has 1 fully saturated rings. The minimum Gasteiger partial charge on any atom is -0.491 e. The van der Waals surface area contributed by atoms with Gasteiger partial charge < -0.3 is 9.84 Å².